The number of hydrogen-bond acceptors (Lipinski definition) is 16. The lowest BCUT2D eigenvalue weighted by atomic mass is 10.5. The van der Waals surface area contributed by atoms with Crippen LogP contribution in [0, 0.1) is 6.92 Å². The number of amides is 3. The van der Waals surface area contributed by atoms with E-state index in [0.29, 0.717) is 23.8 Å². The van der Waals surface area contributed by atoms with Crippen LogP contribution in [0.3, 0.4) is 0 Å². The van der Waals surface area contributed by atoms with Crippen molar-refractivity contribution in [3.05, 3.63) is 18.0 Å². The molecule has 0 radical (unpaired) electrons. The first-order valence-electron chi connectivity index (χ1n) is 13.8. The highest BCUT2D eigenvalue weighted by atomic mass is 16.4. The molecule has 23 nitrogen and oxygen atoms in total. The third-order valence-corrected chi connectivity index (χ3v) is 3.38. The molecular formula is C30H80N18O5. The zero-order valence-corrected chi connectivity index (χ0v) is 30.3. The van der Waals surface area contributed by atoms with E-state index in [0.717, 1.165) is 12.2 Å². The molecule has 0 aliphatic rings. The van der Waals surface area contributed by atoms with Crippen LogP contribution < -0.4 is 33.6 Å². The highest BCUT2D eigenvalue weighted by Gasteiger charge is 1.85. The molecule has 2 aromatic rings. The van der Waals surface area contributed by atoms with Gasteiger partial charge in [0.15, 0.2) is 5.82 Å². The Kier molecular flexibility index (Phi) is 117. The molecule has 2 rings (SSSR count). The van der Waals surface area contributed by atoms with Gasteiger partial charge in [0.2, 0.25) is 5.91 Å². The lowest BCUT2D eigenvalue weighted by molar-refractivity contribution is -0.119. The fourth-order valence-electron chi connectivity index (χ4n) is 0.786. The number of nitrogens with zero attached hydrogens (tertiary/aromatic N) is 10. The molecular weight excluding hydrogens is 692 g/mol. The second-order valence-electron chi connectivity index (χ2n) is 7.48. The number of oxime groups is 3. The normalized spacial score (nSPS) is 8.25. The predicted octanol–water partition coefficient (Wildman–Crippen LogP) is 3.20. The number of aromatic nitrogens is 7. The monoisotopic (exact) mass is 773 g/mol. The van der Waals surface area contributed by atoms with E-state index in [9.17, 15) is 9.59 Å². The van der Waals surface area contributed by atoms with E-state index in [1.165, 1.54) is 19.6 Å². The number of nitrogens with one attached hydrogen (secondary N) is 4. The number of amidine groups is 2. The fourth-order valence-corrected chi connectivity index (χ4v) is 0.786. The maximum absolute atomic E-state index is 9.94. The Morgan fingerprint density at radius 3 is 1.38 bits per heavy atom. The number of H-pyrrole nitrogens is 2. The SMILES string of the molecule is C.C.C.C.C.C/C=N/O.CC(C)=NO.CC/C(N)=N/O.CC=NC.CCc1ncn[nH]1.CN=C(C)N.CNC(=O)CN.CNC(N)=O.Cc1nn[nH]n1. The number of hydrogen-bond donors (Lipinski definition) is 11. The summed E-state index contributed by atoms with van der Waals surface area (Å²) < 4.78 is 0. The van der Waals surface area contributed by atoms with Crippen LogP contribution in [0.1, 0.15) is 104 Å². The summed E-state index contributed by atoms with van der Waals surface area (Å²) in [6, 6.07) is -0.495. The van der Waals surface area contributed by atoms with E-state index >= 15 is 0 Å². The number of aliphatic imine (C=N–C) groups is 2. The van der Waals surface area contributed by atoms with Crippen molar-refractivity contribution < 1.29 is 25.2 Å². The van der Waals surface area contributed by atoms with Gasteiger partial charge in [0, 0.05) is 47.2 Å². The second kappa shape index (κ2) is 76.2. The van der Waals surface area contributed by atoms with Gasteiger partial charge >= 0.3 is 6.03 Å². The summed E-state index contributed by atoms with van der Waals surface area (Å²) in [5.74, 6) is 2.39. The van der Waals surface area contributed by atoms with Crippen LogP contribution in [-0.2, 0) is 11.2 Å². The molecule has 0 atom stereocenters. The predicted molar refractivity (Wildman–Crippen MR) is 224 cm³/mol. The van der Waals surface area contributed by atoms with Gasteiger partial charge in [-0.25, -0.2) is 9.78 Å². The van der Waals surface area contributed by atoms with Gasteiger partial charge in [-0.3, -0.25) is 14.9 Å². The molecule has 0 aromatic carbocycles. The second-order valence-corrected chi connectivity index (χ2v) is 7.48. The van der Waals surface area contributed by atoms with E-state index in [1.54, 1.807) is 62.0 Å². The van der Waals surface area contributed by atoms with Gasteiger partial charge < -0.3 is 54.2 Å². The molecule has 0 aliphatic heterocycles. The molecule has 2 aromatic heterocycles. The number of primary amides is 1. The molecule has 3 amide bonds. The summed E-state index contributed by atoms with van der Waals surface area (Å²) in [4.78, 5) is 30.5. The number of tetrazole rings is 1. The number of carbonyl (C=O) groups is 2. The quantitative estimate of drug-likeness (QED) is 0.0925. The average molecular weight is 773 g/mol. The van der Waals surface area contributed by atoms with Gasteiger partial charge in [-0.15, -0.1) is 15.4 Å². The summed E-state index contributed by atoms with van der Waals surface area (Å²) >= 11 is 0. The van der Waals surface area contributed by atoms with Crippen LogP contribution in [0.4, 0.5) is 4.79 Å². The van der Waals surface area contributed by atoms with Gasteiger partial charge in [0.05, 0.1) is 18.1 Å². The lowest BCUT2D eigenvalue weighted by Gasteiger charge is -1.87. The van der Waals surface area contributed by atoms with E-state index in [1.807, 2.05) is 20.8 Å². The highest BCUT2D eigenvalue weighted by Crippen LogP contribution is 1.82. The van der Waals surface area contributed by atoms with Crippen LogP contribution >= 0.6 is 0 Å². The maximum Gasteiger partial charge on any atom is 0.311 e. The maximum atomic E-state index is 9.94. The Hall–Kier alpha value is -5.74. The number of aryl methyl sites for hydroxylation is 2. The first-order valence-corrected chi connectivity index (χ1v) is 13.8. The van der Waals surface area contributed by atoms with E-state index in [-0.39, 0.29) is 55.4 Å². The minimum atomic E-state index is -0.495. The van der Waals surface area contributed by atoms with Gasteiger partial charge in [0.25, 0.3) is 0 Å². The molecule has 0 spiro atoms. The van der Waals surface area contributed by atoms with Crippen LogP contribution in [0.15, 0.2) is 31.8 Å². The number of urea groups is 1. The van der Waals surface area contributed by atoms with Crippen molar-refractivity contribution in [2.24, 2.45) is 48.4 Å². The molecule has 0 saturated heterocycles. The Bertz CT molecular complexity index is 998. The van der Waals surface area contributed by atoms with Crippen LogP contribution in [-0.4, -0.2) is 128 Å². The summed E-state index contributed by atoms with van der Waals surface area (Å²) in [5.41, 5.74) is 20.1. The molecule has 320 valence electrons. The smallest absolute Gasteiger partial charge is 0.311 e. The molecule has 53 heavy (non-hydrogen) atoms. The van der Waals surface area contributed by atoms with Crippen LogP contribution in [0.25, 0.3) is 0 Å². The third-order valence-electron chi connectivity index (χ3n) is 3.38. The molecule has 0 aliphatic carbocycles. The van der Waals surface area contributed by atoms with Gasteiger partial charge in [0.1, 0.15) is 18.0 Å². The molecule has 23 heteroatoms. The Morgan fingerprint density at radius 2 is 1.32 bits per heavy atom. The van der Waals surface area contributed by atoms with Crippen molar-refractivity contribution in [1.82, 2.24) is 46.4 Å². The molecule has 0 bridgehead atoms. The lowest BCUT2D eigenvalue weighted by Crippen LogP contribution is -2.26. The van der Waals surface area contributed by atoms with Crippen LogP contribution in [0.5, 0.6) is 0 Å². The van der Waals surface area contributed by atoms with Crippen molar-refractivity contribution in [3.63, 3.8) is 0 Å². The minimum Gasteiger partial charge on any atom is -0.411 e. The summed E-state index contributed by atoms with van der Waals surface area (Å²) in [7, 11) is 6.44. The molecule has 0 unspecified atom stereocenters. The number of rotatable bonds is 3. The van der Waals surface area contributed by atoms with Crippen LogP contribution in [0.2, 0.25) is 0 Å². The first kappa shape index (κ1) is 81.3. The summed E-state index contributed by atoms with van der Waals surface area (Å²) in [6.07, 6.45) is 6.11. The Balaban J connectivity index is -0.0000000355. The number of carbonyl (C=O) groups excluding carboxylic acids is 2. The number of likely N-dealkylation sites (N-methyl/N-ethyl adjacent to an activating group) is 1. The molecule has 0 fully saturated rings. The average Bonchev–Trinajstić information content (AvgIpc) is 3.83. The van der Waals surface area contributed by atoms with E-state index in [4.69, 9.17) is 32.8 Å². The topological polar surface area (TPSA) is 381 Å². The standard InChI is InChI=1S/C4H7N3.2C3H8N2O.C3H8N2.C3H7NO.C3H7N.C2H4N4.C2H6N2O.C2H5NO.5CH4/c1-2-4-5-3-6-7-4;1-5-3(6)2-4;1-2-3(4)5-6;1-3(4)5-2;1-3(2)4-5;1-3-4-2;1-2-3-5-6-4-2;1-4-2(3)5;1-2-3-4;;;;;/h3H,2H2,1H3,(H,5,6,7);2,4H2,1H3,(H,5,6);6H,2H2,1H3,(H2,4,5);1-2H3,(H2,4,5);5H,1-2H3;3H,1-2H3;1H3,(H,3,4,5,6);1H3,(H3,3,4,5);2,4H,1H3;5*1H4/b;;;;;;;;3-2+;;;;;. The van der Waals surface area contributed by atoms with Crippen molar-refractivity contribution in [2.45, 2.75) is 105 Å². The van der Waals surface area contributed by atoms with Crippen molar-refractivity contribution >= 4 is 41.8 Å². The zero-order chi connectivity index (χ0) is 39.2. The Morgan fingerprint density at radius 1 is 0.906 bits per heavy atom. The minimum absolute atomic E-state index is 0. The van der Waals surface area contributed by atoms with E-state index < -0.39 is 6.03 Å². The van der Waals surface area contributed by atoms with Gasteiger partial charge in [-0.1, -0.05) is 66.5 Å². The van der Waals surface area contributed by atoms with Crippen molar-refractivity contribution in [2.75, 3.05) is 34.7 Å². The largest absolute Gasteiger partial charge is 0.411 e. The zero-order valence-electron chi connectivity index (χ0n) is 30.3. The number of nitrogens with two attached hydrogens (primary N) is 4. The summed E-state index contributed by atoms with van der Waals surface area (Å²) in [6.45, 7) is 14.4. The third kappa shape index (κ3) is 131. The van der Waals surface area contributed by atoms with E-state index in [2.05, 4.69) is 77.6 Å². The van der Waals surface area contributed by atoms with Gasteiger partial charge in [-0.2, -0.15) is 10.3 Å². The highest BCUT2D eigenvalue weighted by molar-refractivity contribution is 5.79. The fraction of sp³-hybridized carbons (Fsp3) is 0.667. The van der Waals surface area contributed by atoms with Crippen molar-refractivity contribution in [1.29, 1.82) is 0 Å². The summed E-state index contributed by atoms with van der Waals surface area (Å²) in [5, 5.41) is 54.7. The molecule has 2 heterocycles. The van der Waals surface area contributed by atoms with Gasteiger partial charge in [-0.05, 0) is 47.8 Å². The Labute approximate surface area is 319 Å². The first-order chi connectivity index (χ1) is 22.6. The van der Waals surface area contributed by atoms with Crippen molar-refractivity contribution in [3.8, 4) is 0 Å². The number of aromatic amines is 2. The molecule has 0 saturated carbocycles. The molecule has 15 N–H and O–H groups in total.